The van der Waals surface area contributed by atoms with Crippen LogP contribution in [-0.2, 0) is 5.75 Å². The lowest BCUT2D eigenvalue weighted by Crippen LogP contribution is -2.26. The van der Waals surface area contributed by atoms with Crippen LogP contribution in [0.5, 0.6) is 0 Å². The smallest absolute Gasteiger partial charge is 0.253 e. The lowest BCUT2D eigenvalue weighted by molar-refractivity contribution is 0.0957. The zero-order chi connectivity index (χ0) is 15.2. The number of hydrogen-bond acceptors (Lipinski definition) is 4. The third-order valence-corrected chi connectivity index (χ3v) is 5.02. The summed E-state index contributed by atoms with van der Waals surface area (Å²) in [5.74, 6) is 1.84. The first-order chi connectivity index (χ1) is 10.8. The number of nitrogens with one attached hydrogen (secondary N) is 1. The predicted octanol–water partition coefficient (Wildman–Crippen LogP) is 3.96. The molecule has 0 spiro atoms. The lowest BCUT2D eigenvalue weighted by atomic mass is 10.1. The molecule has 0 atom stereocenters. The molecule has 0 fully saturated rings. The van der Waals surface area contributed by atoms with E-state index in [9.17, 15) is 4.79 Å². The van der Waals surface area contributed by atoms with E-state index in [1.54, 1.807) is 17.5 Å². The van der Waals surface area contributed by atoms with Gasteiger partial charge in [-0.1, -0.05) is 18.2 Å². The van der Waals surface area contributed by atoms with Gasteiger partial charge in [-0.2, -0.15) is 23.1 Å². The quantitative estimate of drug-likeness (QED) is 0.697. The second-order valence-corrected chi connectivity index (χ2v) is 6.71. The van der Waals surface area contributed by atoms with E-state index < -0.39 is 0 Å². The van der Waals surface area contributed by atoms with Crippen LogP contribution in [0.1, 0.15) is 15.9 Å². The van der Waals surface area contributed by atoms with Crippen LogP contribution in [0.3, 0.4) is 0 Å². The Bertz CT molecular complexity index is 751. The van der Waals surface area contributed by atoms with Crippen molar-refractivity contribution in [3.63, 3.8) is 0 Å². The number of thiophene rings is 1. The van der Waals surface area contributed by atoms with Gasteiger partial charge in [-0.25, -0.2) is 0 Å². The summed E-state index contributed by atoms with van der Waals surface area (Å²) in [7, 11) is 0. The summed E-state index contributed by atoms with van der Waals surface area (Å²) in [4.78, 5) is 16.6. The number of carbonyl (C=O) groups is 1. The van der Waals surface area contributed by atoms with Crippen molar-refractivity contribution in [2.75, 3.05) is 12.3 Å². The summed E-state index contributed by atoms with van der Waals surface area (Å²) in [5.41, 5.74) is 2.74. The molecular weight excluding hydrogens is 312 g/mol. The van der Waals surface area contributed by atoms with E-state index in [1.165, 1.54) is 5.56 Å². The molecule has 0 saturated carbocycles. The molecule has 0 unspecified atom stereocenters. The van der Waals surface area contributed by atoms with Crippen LogP contribution in [0.2, 0.25) is 0 Å². The molecule has 1 aromatic carbocycles. The van der Waals surface area contributed by atoms with Crippen molar-refractivity contribution in [3.8, 4) is 0 Å². The van der Waals surface area contributed by atoms with Gasteiger partial charge < -0.3 is 5.32 Å². The Morgan fingerprint density at radius 1 is 1.23 bits per heavy atom. The zero-order valence-electron chi connectivity index (χ0n) is 12.0. The van der Waals surface area contributed by atoms with E-state index in [2.05, 4.69) is 27.1 Å². The molecule has 3 rings (SSSR count). The number of benzene rings is 1. The minimum absolute atomic E-state index is 0.0552. The highest BCUT2D eigenvalue weighted by Crippen LogP contribution is 2.16. The Morgan fingerprint density at radius 2 is 2.14 bits per heavy atom. The fraction of sp³-hybridized carbons (Fsp3) is 0.176. The molecule has 1 amide bonds. The second kappa shape index (κ2) is 7.42. The van der Waals surface area contributed by atoms with Gasteiger partial charge in [0.1, 0.15) is 0 Å². The van der Waals surface area contributed by atoms with E-state index in [1.807, 2.05) is 42.1 Å². The Hall–Kier alpha value is -1.85. The Morgan fingerprint density at radius 3 is 3.00 bits per heavy atom. The highest BCUT2D eigenvalue weighted by molar-refractivity contribution is 7.98. The molecule has 0 radical (unpaired) electrons. The van der Waals surface area contributed by atoms with Gasteiger partial charge in [-0.15, -0.1) is 0 Å². The number of thioether (sulfide) groups is 1. The number of carbonyl (C=O) groups excluding carboxylic acids is 1. The molecule has 0 aliphatic heterocycles. The van der Waals surface area contributed by atoms with Crippen LogP contribution in [0, 0.1) is 0 Å². The third kappa shape index (κ3) is 3.67. The summed E-state index contributed by atoms with van der Waals surface area (Å²) < 4.78 is 0. The van der Waals surface area contributed by atoms with Gasteiger partial charge in [0.2, 0.25) is 0 Å². The van der Waals surface area contributed by atoms with Gasteiger partial charge in [0.15, 0.2) is 0 Å². The molecular formula is C17H16N2OS2. The van der Waals surface area contributed by atoms with Crippen LogP contribution < -0.4 is 5.32 Å². The average Bonchev–Trinajstić information content (AvgIpc) is 3.07. The van der Waals surface area contributed by atoms with Crippen LogP contribution in [0.4, 0.5) is 0 Å². The first kappa shape index (κ1) is 15.1. The molecule has 0 saturated heterocycles. The number of nitrogens with zero attached hydrogens (tertiary/aromatic N) is 1. The Labute approximate surface area is 137 Å². The summed E-state index contributed by atoms with van der Waals surface area (Å²) >= 11 is 3.54. The van der Waals surface area contributed by atoms with E-state index >= 15 is 0 Å². The molecule has 5 heteroatoms. The molecule has 0 aliphatic rings. The zero-order valence-corrected chi connectivity index (χ0v) is 13.6. The highest BCUT2D eigenvalue weighted by atomic mass is 32.2. The van der Waals surface area contributed by atoms with E-state index in [0.29, 0.717) is 12.1 Å². The van der Waals surface area contributed by atoms with Crippen molar-refractivity contribution in [2.45, 2.75) is 5.75 Å². The van der Waals surface area contributed by atoms with E-state index in [0.717, 1.165) is 22.4 Å². The average molecular weight is 328 g/mol. The fourth-order valence-corrected chi connectivity index (χ4v) is 3.76. The number of fused-ring (bicyclic) bond motifs is 1. The van der Waals surface area contributed by atoms with Crippen molar-refractivity contribution in [3.05, 3.63) is 64.5 Å². The summed E-state index contributed by atoms with van der Waals surface area (Å²) in [6.45, 7) is 0.664. The van der Waals surface area contributed by atoms with Crippen LogP contribution in [-0.4, -0.2) is 23.2 Å². The topological polar surface area (TPSA) is 42.0 Å². The summed E-state index contributed by atoms with van der Waals surface area (Å²) in [6, 6.07) is 11.7. The van der Waals surface area contributed by atoms with E-state index in [-0.39, 0.29) is 5.91 Å². The number of hydrogen-bond donors (Lipinski definition) is 1. The fourth-order valence-electron chi connectivity index (χ4n) is 2.18. The van der Waals surface area contributed by atoms with Crippen LogP contribution >= 0.6 is 23.1 Å². The Kier molecular flexibility index (Phi) is 5.08. The maximum absolute atomic E-state index is 12.3. The molecule has 112 valence electrons. The number of aromatic nitrogens is 1. The monoisotopic (exact) mass is 328 g/mol. The molecule has 3 aromatic rings. The molecule has 2 heterocycles. The lowest BCUT2D eigenvalue weighted by Gasteiger charge is -2.07. The first-order valence-electron chi connectivity index (χ1n) is 7.05. The number of amides is 1. The van der Waals surface area contributed by atoms with Gasteiger partial charge >= 0.3 is 0 Å². The van der Waals surface area contributed by atoms with Crippen molar-refractivity contribution < 1.29 is 4.79 Å². The van der Waals surface area contributed by atoms with Crippen molar-refractivity contribution >= 4 is 39.9 Å². The second-order valence-electron chi connectivity index (χ2n) is 4.82. The number of rotatable bonds is 6. The molecule has 3 nitrogen and oxygen atoms in total. The number of pyridine rings is 1. The van der Waals surface area contributed by atoms with Crippen molar-refractivity contribution in [1.82, 2.24) is 10.3 Å². The first-order valence-corrected chi connectivity index (χ1v) is 9.15. The summed E-state index contributed by atoms with van der Waals surface area (Å²) in [5, 5.41) is 8.21. The largest absolute Gasteiger partial charge is 0.351 e. The van der Waals surface area contributed by atoms with Crippen LogP contribution in [0.15, 0.2) is 53.4 Å². The van der Waals surface area contributed by atoms with Gasteiger partial charge in [0.05, 0.1) is 11.1 Å². The maximum atomic E-state index is 12.3. The third-order valence-electron chi connectivity index (χ3n) is 3.26. The molecule has 1 N–H and O–H groups in total. The molecule has 0 bridgehead atoms. The van der Waals surface area contributed by atoms with Gasteiger partial charge in [0, 0.05) is 29.6 Å². The molecule has 0 aliphatic carbocycles. The SMILES string of the molecule is O=C(NCCSCc1ccsc1)c1cccc2cccnc12. The van der Waals surface area contributed by atoms with E-state index in [4.69, 9.17) is 0 Å². The minimum Gasteiger partial charge on any atom is -0.351 e. The highest BCUT2D eigenvalue weighted by Gasteiger charge is 2.09. The van der Waals surface area contributed by atoms with Crippen LogP contribution in [0.25, 0.3) is 10.9 Å². The molecule has 22 heavy (non-hydrogen) atoms. The molecule has 2 aromatic heterocycles. The Balaban J connectivity index is 1.53. The van der Waals surface area contributed by atoms with Gasteiger partial charge in [0.25, 0.3) is 5.91 Å². The minimum atomic E-state index is -0.0552. The van der Waals surface area contributed by atoms with Crippen molar-refractivity contribution in [2.24, 2.45) is 0 Å². The van der Waals surface area contributed by atoms with Gasteiger partial charge in [-0.05, 0) is 34.5 Å². The number of para-hydroxylation sites is 1. The normalized spacial score (nSPS) is 10.7. The predicted molar refractivity (Wildman–Crippen MR) is 94.6 cm³/mol. The van der Waals surface area contributed by atoms with Crippen molar-refractivity contribution in [1.29, 1.82) is 0 Å². The standard InChI is InChI=1S/C17H16N2OS2/c20-17(19-8-10-22-12-13-6-9-21-11-13)15-5-1-3-14-4-2-7-18-16(14)15/h1-7,9,11H,8,10,12H2,(H,19,20). The van der Waals surface area contributed by atoms with Gasteiger partial charge in [-0.3, -0.25) is 9.78 Å². The summed E-state index contributed by atoms with van der Waals surface area (Å²) in [6.07, 6.45) is 1.72. The maximum Gasteiger partial charge on any atom is 0.253 e.